The number of anilines is 1. The van der Waals surface area contributed by atoms with E-state index in [1.165, 1.54) is 5.56 Å². The molecule has 2 aromatic carbocycles. The maximum absolute atomic E-state index is 12.0. The van der Waals surface area contributed by atoms with E-state index in [-0.39, 0.29) is 11.8 Å². The summed E-state index contributed by atoms with van der Waals surface area (Å²) in [6.45, 7) is 2.45. The number of rotatable bonds is 7. The van der Waals surface area contributed by atoms with Crippen LogP contribution < -0.4 is 10.6 Å². The molecule has 0 radical (unpaired) electrons. The van der Waals surface area contributed by atoms with Gasteiger partial charge < -0.3 is 10.6 Å². The number of hydrogen-bond acceptors (Lipinski definition) is 2. The fourth-order valence-corrected chi connectivity index (χ4v) is 2.32. The molecule has 0 heterocycles. The van der Waals surface area contributed by atoms with Gasteiger partial charge in [-0.2, -0.15) is 0 Å². The van der Waals surface area contributed by atoms with Crippen molar-refractivity contribution in [2.24, 2.45) is 0 Å². The summed E-state index contributed by atoms with van der Waals surface area (Å²) >= 11 is 0. The van der Waals surface area contributed by atoms with Gasteiger partial charge in [0.15, 0.2) is 0 Å². The second kappa shape index (κ2) is 8.73. The van der Waals surface area contributed by atoms with E-state index in [0.29, 0.717) is 24.2 Å². The highest BCUT2D eigenvalue weighted by Gasteiger charge is 2.07. The third kappa shape index (κ3) is 5.58. The molecule has 2 aromatic rings. The van der Waals surface area contributed by atoms with E-state index in [1.807, 2.05) is 25.1 Å². The molecule has 0 atom stereocenters. The van der Waals surface area contributed by atoms with E-state index in [4.69, 9.17) is 0 Å². The first kappa shape index (κ1) is 16.7. The largest absolute Gasteiger partial charge is 0.352 e. The Kier molecular flexibility index (Phi) is 6.36. The normalized spacial score (nSPS) is 10.1. The summed E-state index contributed by atoms with van der Waals surface area (Å²) in [5.74, 6) is -0.165. The average Bonchev–Trinajstić information content (AvgIpc) is 2.56. The quantitative estimate of drug-likeness (QED) is 0.823. The van der Waals surface area contributed by atoms with Crippen molar-refractivity contribution in [3.05, 3.63) is 65.7 Å². The summed E-state index contributed by atoms with van der Waals surface area (Å²) < 4.78 is 0. The number of aryl methyl sites for hydroxylation is 1. The van der Waals surface area contributed by atoms with Gasteiger partial charge in [-0.25, -0.2) is 0 Å². The topological polar surface area (TPSA) is 58.2 Å². The third-order valence-electron chi connectivity index (χ3n) is 3.46. The van der Waals surface area contributed by atoms with E-state index in [2.05, 4.69) is 22.8 Å². The highest BCUT2D eigenvalue weighted by Crippen LogP contribution is 2.12. The molecule has 0 saturated carbocycles. The molecule has 0 aliphatic heterocycles. The van der Waals surface area contributed by atoms with Crippen LogP contribution in [0.5, 0.6) is 0 Å². The van der Waals surface area contributed by atoms with Crippen LogP contribution in [-0.4, -0.2) is 18.4 Å². The Balaban J connectivity index is 1.83. The van der Waals surface area contributed by atoms with Crippen LogP contribution in [-0.2, 0) is 11.2 Å². The van der Waals surface area contributed by atoms with E-state index < -0.39 is 0 Å². The van der Waals surface area contributed by atoms with Crippen LogP contribution in [0.2, 0.25) is 0 Å². The second-order valence-corrected chi connectivity index (χ2v) is 5.33. The SMILES string of the molecule is CCNC(=O)c1cccc(NC(=O)CCCc2ccccc2)c1. The number of carbonyl (C=O) groups is 2. The van der Waals surface area contributed by atoms with Gasteiger partial charge in [-0.15, -0.1) is 0 Å². The molecular formula is C19H22N2O2. The zero-order valence-electron chi connectivity index (χ0n) is 13.3. The Labute approximate surface area is 136 Å². The zero-order chi connectivity index (χ0) is 16.5. The minimum atomic E-state index is -0.132. The first-order valence-electron chi connectivity index (χ1n) is 7.91. The summed E-state index contributed by atoms with van der Waals surface area (Å²) in [5.41, 5.74) is 2.44. The molecule has 0 unspecified atom stereocenters. The van der Waals surface area contributed by atoms with Crippen molar-refractivity contribution in [2.45, 2.75) is 26.2 Å². The molecule has 2 amide bonds. The van der Waals surface area contributed by atoms with Crippen LogP contribution in [0.3, 0.4) is 0 Å². The molecule has 120 valence electrons. The Morgan fingerprint density at radius 2 is 1.78 bits per heavy atom. The van der Waals surface area contributed by atoms with Crippen LogP contribution >= 0.6 is 0 Å². The second-order valence-electron chi connectivity index (χ2n) is 5.33. The van der Waals surface area contributed by atoms with Crippen molar-refractivity contribution in [2.75, 3.05) is 11.9 Å². The lowest BCUT2D eigenvalue weighted by Gasteiger charge is -2.08. The monoisotopic (exact) mass is 310 g/mol. The number of hydrogen-bond donors (Lipinski definition) is 2. The van der Waals surface area contributed by atoms with Crippen molar-refractivity contribution in [1.29, 1.82) is 0 Å². The van der Waals surface area contributed by atoms with Crippen LogP contribution in [0.4, 0.5) is 5.69 Å². The van der Waals surface area contributed by atoms with Crippen molar-refractivity contribution in [1.82, 2.24) is 5.32 Å². The van der Waals surface area contributed by atoms with Gasteiger partial charge in [-0.05, 0) is 43.5 Å². The minimum Gasteiger partial charge on any atom is -0.352 e. The van der Waals surface area contributed by atoms with E-state index in [9.17, 15) is 9.59 Å². The van der Waals surface area contributed by atoms with Crippen LogP contribution in [0.15, 0.2) is 54.6 Å². The van der Waals surface area contributed by atoms with Gasteiger partial charge in [0.05, 0.1) is 0 Å². The summed E-state index contributed by atoms with van der Waals surface area (Å²) in [6.07, 6.45) is 2.14. The van der Waals surface area contributed by atoms with Gasteiger partial charge in [0.25, 0.3) is 5.91 Å². The minimum absolute atomic E-state index is 0.0334. The average molecular weight is 310 g/mol. The fraction of sp³-hybridized carbons (Fsp3) is 0.263. The fourth-order valence-electron chi connectivity index (χ4n) is 2.32. The Morgan fingerprint density at radius 3 is 2.52 bits per heavy atom. The van der Waals surface area contributed by atoms with Gasteiger partial charge in [-0.3, -0.25) is 9.59 Å². The lowest BCUT2D eigenvalue weighted by atomic mass is 10.1. The van der Waals surface area contributed by atoms with Crippen molar-refractivity contribution in [3.63, 3.8) is 0 Å². The summed E-state index contributed by atoms with van der Waals surface area (Å²) in [6, 6.07) is 17.1. The van der Waals surface area contributed by atoms with Gasteiger partial charge >= 0.3 is 0 Å². The van der Waals surface area contributed by atoms with Gasteiger partial charge in [-0.1, -0.05) is 36.4 Å². The molecule has 4 nitrogen and oxygen atoms in total. The van der Waals surface area contributed by atoms with Crippen molar-refractivity contribution >= 4 is 17.5 Å². The molecule has 0 spiro atoms. The summed E-state index contributed by atoms with van der Waals surface area (Å²) in [4.78, 5) is 23.8. The van der Waals surface area contributed by atoms with Crippen LogP contribution in [0.1, 0.15) is 35.7 Å². The number of nitrogens with one attached hydrogen (secondary N) is 2. The lowest BCUT2D eigenvalue weighted by Crippen LogP contribution is -2.22. The first-order chi connectivity index (χ1) is 11.2. The molecule has 2 rings (SSSR count). The number of carbonyl (C=O) groups excluding carboxylic acids is 2. The molecule has 4 heteroatoms. The molecule has 0 aromatic heterocycles. The van der Waals surface area contributed by atoms with E-state index in [0.717, 1.165) is 12.8 Å². The first-order valence-corrected chi connectivity index (χ1v) is 7.91. The molecule has 0 aliphatic carbocycles. The molecule has 0 saturated heterocycles. The maximum Gasteiger partial charge on any atom is 0.251 e. The van der Waals surface area contributed by atoms with E-state index in [1.54, 1.807) is 24.3 Å². The summed E-state index contributed by atoms with van der Waals surface area (Å²) in [5, 5.41) is 5.59. The third-order valence-corrected chi connectivity index (χ3v) is 3.46. The number of benzene rings is 2. The van der Waals surface area contributed by atoms with Crippen molar-refractivity contribution < 1.29 is 9.59 Å². The van der Waals surface area contributed by atoms with E-state index >= 15 is 0 Å². The van der Waals surface area contributed by atoms with Gasteiger partial charge in [0, 0.05) is 24.2 Å². The Bertz CT molecular complexity index is 653. The molecule has 23 heavy (non-hydrogen) atoms. The molecule has 2 N–H and O–H groups in total. The van der Waals surface area contributed by atoms with Gasteiger partial charge in [0.2, 0.25) is 5.91 Å². The standard InChI is InChI=1S/C19H22N2O2/c1-2-20-19(23)16-11-7-12-17(14-16)21-18(22)13-6-10-15-8-4-3-5-9-15/h3-5,7-9,11-12,14H,2,6,10,13H2,1H3,(H,20,23)(H,21,22). The lowest BCUT2D eigenvalue weighted by molar-refractivity contribution is -0.116. The molecular weight excluding hydrogens is 288 g/mol. The highest BCUT2D eigenvalue weighted by molar-refractivity contribution is 5.97. The number of amides is 2. The van der Waals surface area contributed by atoms with Crippen LogP contribution in [0.25, 0.3) is 0 Å². The molecule has 0 aliphatic rings. The molecule has 0 fully saturated rings. The predicted molar refractivity (Wildman–Crippen MR) is 92.5 cm³/mol. The highest BCUT2D eigenvalue weighted by atomic mass is 16.2. The van der Waals surface area contributed by atoms with Crippen LogP contribution in [0, 0.1) is 0 Å². The maximum atomic E-state index is 12.0. The molecule has 0 bridgehead atoms. The summed E-state index contributed by atoms with van der Waals surface area (Å²) in [7, 11) is 0. The Hall–Kier alpha value is -2.62. The predicted octanol–water partition coefficient (Wildman–Crippen LogP) is 3.40. The van der Waals surface area contributed by atoms with Crippen molar-refractivity contribution in [3.8, 4) is 0 Å². The Morgan fingerprint density at radius 1 is 1.00 bits per heavy atom. The van der Waals surface area contributed by atoms with Gasteiger partial charge in [0.1, 0.15) is 0 Å². The smallest absolute Gasteiger partial charge is 0.251 e. The zero-order valence-corrected chi connectivity index (χ0v) is 13.3.